The number of H-pyrrole nitrogens is 1. The van der Waals surface area contributed by atoms with E-state index in [-0.39, 0.29) is 11.8 Å². The maximum Gasteiger partial charge on any atom is 0.268 e. The summed E-state index contributed by atoms with van der Waals surface area (Å²) in [6.07, 6.45) is 3.24. The van der Waals surface area contributed by atoms with Crippen LogP contribution in [-0.2, 0) is 6.54 Å². The Morgan fingerprint density at radius 1 is 1.00 bits per heavy atom. The summed E-state index contributed by atoms with van der Waals surface area (Å²) in [5, 5.41) is 5.69. The average Bonchev–Trinajstić information content (AvgIpc) is 2.99. The molecule has 2 amide bonds. The van der Waals surface area contributed by atoms with Gasteiger partial charge in [0.2, 0.25) is 0 Å². The molecule has 0 bridgehead atoms. The summed E-state index contributed by atoms with van der Waals surface area (Å²) in [5.41, 5.74) is 4.61. The zero-order valence-electron chi connectivity index (χ0n) is 14.7. The van der Waals surface area contributed by atoms with Gasteiger partial charge in [-0.05, 0) is 55.3 Å². The molecule has 0 aliphatic rings. The molecular weight excluding hydrogens is 328 g/mol. The third-order valence-electron chi connectivity index (χ3n) is 3.98. The zero-order valence-corrected chi connectivity index (χ0v) is 14.7. The second-order valence-electron chi connectivity index (χ2n) is 6.08. The minimum absolute atomic E-state index is 0.143. The van der Waals surface area contributed by atoms with E-state index in [1.165, 1.54) is 0 Å². The van der Waals surface area contributed by atoms with Gasteiger partial charge in [-0.25, -0.2) is 0 Å². The molecule has 0 saturated carbocycles. The van der Waals surface area contributed by atoms with Crippen LogP contribution < -0.4 is 10.6 Å². The van der Waals surface area contributed by atoms with Gasteiger partial charge in [0.15, 0.2) is 0 Å². The van der Waals surface area contributed by atoms with Gasteiger partial charge < -0.3 is 15.6 Å². The number of nitrogens with zero attached hydrogens (tertiary/aromatic N) is 1. The molecule has 2 heterocycles. The summed E-state index contributed by atoms with van der Waals surface area (Å²) in [4.78, 5) is 31.4. The molecule has 0 aliphatic heterocycles. The van der Waals surface area contributed by atoms with Crippen molar-refractivity contribution in [1.82, 2.24) is 15.3 Å². The average molecular weight is 348 g/mol. The smallest absolute Gasteiger partial charge is 0.268 e. The summed E-state index contributed by atoms with van der Waals surface area (Å²) < 4.78 is 0. The highest BCUT2D eigenvalue weighted by Gasteiger charge is 2.11. The van der Waals surface area contributed by atoms with Crippen molar-refractivity contribution in [2.24, 2.45) is 0 Å². The number of nitrogens with one attached hydrogen (secondary N) is 3. The molecular formula is C20H20N4O2. The Labute approximate surface area is 151 Å². The van der Waals surface area contributed by atoms with Gasteiger partial charge in [0.25, 0.3) is 11.8 Å². The predicted octanol–water partition coefficient (Wildman–Crippen LogP) is 3.21. The first-order chi connectivity index (χ1) is 12.5. The lowest BCUT2D eigenvalue weighted by atomic mass is 10.1. The number of carbonyl (C=O) groups excluding carboxylic acids is 2. The Bertz CT molecular complexity index is 915. The molecule has 6 nitrogen and oxygen atoms in total. The topological polar surface area (TPSA) is 86.9 Å². The Morgan fingerprint density at radius 3 is 2.31 bits per heavy atom. The fourth-order valence-electron chi connectivity index (χ4n) is 2.65. The lowest BCUT2D eigenvalue weighted by molar-refractivity contribution is 0.0944. The normalized spacial score (nSPS) is 10.4. The van der Waals surface area contributed by atoms with Crippen LogP contribution in [-0.4, -0.2) is 21.8 Å². The first-order valence-corrected chi connectivity index (χ1v) is 8.27. The van der Waals surface area contributed by atoms with Gasteiger partial charge in [0.05, 0.1) is 0 Å². The molecule has 0 fully saturated rings. The highest BCUT2D eigenvalue weighted by molar-refractivity contribution is 6.04. The fraction of sp³-hybridized carbons (Fsp3) is 0.150. The monoisotopic (exact) mass is 348 g/mol. The lowest BCUT2D eigenvalue weighted by Crippen LogP contribution is -2.24. The first-order valence-electron chi connectivity index (χ1n) is 8.27. The van der Waals surface area contributed by atoms with Crippen molar-refractivity contribution >= 4 is 17.5 Å². The van der Waals surface area contributed by atoms with Crippen LogP contribution in [0, 0.1) is 13.8 Å². The number of aryl methyl sites for hydroxylation is 2. The Morgan fingerprint density at radius 2 is 1.69 bits per heavy atom. The van der Waals surface area contributed by atoms with E-state index in [1.807, 2.05) is 32.0 Å². The molecule has 0 unspecified atom stereocenters. The van der Waals surface area contributed by atoms with Gasteiger partial charge in [-0.3, -0.25) is 14.6 Å². The van der Waals surface area contributed by atoms with Gasteiger partial charge in [0.1, 0.15) is 5.69 Å². The number of hydrogen-bond acceptors (Lipinski definition) is 3. The van der Waals surface area contributed by atoms with E-state index in [0.29, 0.717) is 23.5 Å². The van der Waals surface area contributed by atoms with Crippen LogP contribution >= 0.6 is 0 Å². The van der Waals surface area contributed by atoms with Gasteiger partial charge in [-0.2, -0.15) is 0 Å². The van der Waals surface area contributed by atoms with E-state index in [1.54, 1.807) is 36.7 Å². The van der Waals surface area contributed by atoms with E-state index in [9.17, 15) is 9.59 Å². The molecule has 2 aromatic heterocycles. The van der Waals surface area contributed by atoms with Crippen LogP contribution in [0.4, 0.5) is 5.69 Å². The minimum Gasteiger partial charge on any atom is -0.354 e. The van der Waals surface area contributed by atoms with Crippen molar-refractivity contribution in [3.8, 4) is 0 Å². The SMILES string of the molecule is Cc1cc(C)c(C(=O)NCc2ccc(C(=O)Nc3ccncc3)cc2)[nH]1. The van der Waals surface area contributed by atoms with Crippen molar-refractivity contribution < 1.29 is 9.59 Å². The van der Waals surface area contributed by atoms with Crippen molar-refractivity contribution in [1.29, 1.82) is 0 Å². The molecule has 3 N–H and O–H groups in total. The van der Waals surface area contributed by atoms with Crippen molar-refractivity contribution in [3.63, 3.8) is 0 Å². The first kappa shape index (κ1) is 17.4. The van der Waals surface area contributed by atoms with Crippen molar-refractivity contribution in [2.75, 3.05) is 5.32 Å². The summed E-state index contributed by atoms with van der Waals surface area (Å²) in [6, 6.07) is 12.5. The molecule has 3 rings (SSSR count). The molecule has 0 spiro atoms. The predicted molar refractivity (Wildman–Crippen MR) is 100 cm³/mol. The largest absolute Gasteiger partial charge is 0.354 e. The third-order valence-corrected chi connectivity index (χ3v) is 3.98. The zero-order chi connectivity index (χ0) is 18.5. The Hall–Kier alpha value is -3.41. The number of hydrogen-bond donors (Lipinski definition) is 3. The van der Waals surface area contributed by atoms with E-state index in [2.05, 4.69) is 20.6 Å². The molecule has 0 atom stereocenters. The molecule has 1 aromatic carbocycles. The van der Waals surface area contributed by atoms with Gasteiger partial charge >= 0.3 is 0 Å². The van der Waals surface area contributed by atoms with E-state index < -0.39 is 0 Å². The molecule has 6 heteroatoms. The number of amides is 2. The number of benzene rings is 1. The quantitative estimate of drug-likeness (QED) is 0.662. The van der Waals surface area contributed by atoms with Crippen LogP contribution in [0.5, 0.6) is 0 Å². The summed E-state index contributed by atoms with van der Waals surface area (Å²) in [7, 11) is 0. The molecule has 0 radical (unpaired) electrons. The summed E-state index contributed by atoms with van der Waals surface area (Å²) in [6.45, 7) is 4.21. The fourth-order valence-corrected chi connectivity index (χ4v) is 2.65. The van der Waals surface area contributed by atoms with Crippen LogP contribution in [0.3, 0.4) is 0 Å². The summed E-state index contributed by atoms with van der Waals surface area (Å²) in [5.74, 6) is -0.334. The van der Waals surface area contributed by atoms with E-state index in [4.69, 9.17) is 0 Å². The van der Waals surface area contributed by atoms with Crippen LogP contribution in [0.15, 0.2) is 54.9 Å². The third kappa shape index (κ3) is 4.16. The lowest BCUT2D eigenvalue weighted by Gasteiger charge is -2.07. The molecule has 3 aromatic rings. The maximum absolute atomic E-state index is 12.2. The second-order valence-corrected chi connectivity index (χ2v) is 6.08. The van der Waals surface area contributed by atoms with Gasteiger partial charge in [-0.1, -0.05) is 12.1 Å². The highest BCUT2D eigenvalue weighted by atomic mass is 16.2. The van der Waals surface area contributed by atoms with Crippen LogP contribution in [0.1, 0.15) is 37.7 Å². The number of rotatable bonds is 5. The standard InChI is InChI=1S/C20H20N4O2/c1-13-11-14(2)23-18(13)20(26)22-12-15-3-5-16(6-4-15)19(25)24-17-7-9-21-10-8-17/h3-11,23H,12H2,1-2H3,(H,22,26)(H,21,24,25). The number of anilines is 1. The Balaban J connectivity index is 1.58. The highest BCUT2D eigenvalue weighted by Crippen LogP contribution is 2.11. The van der Waals surface area contributed by atoms with Crippen LogP contribution in [0.25, 0.3) is 0 Å². The Kier molecular flexibility index (Phi) is 5.12. The van der Waals surface area contributed by atoms with Gasteiger partial charge in [-0.15, -0.1) is 0 Å². The molecule has 132 valence electrons. The minimum atomic E-state index is -0.190. The van der Waals surface area contributed by atoms with E-state index >= 15 is 0 Å². The summed E-state index contributed by atoms with van der Waals surface area (Å²) >= 11 is 0. The number of carbonyl (C=O) groups is 2. The van der Waals surface area contributed by atoms with Crippen molar-refractivity contribution in [3.05, 3.63) is 82.9 Å². The number of aromatic amines is 1. The van der Waals surface area contributed by atoms with Crippen LogP contribution in [0.2, 0.25) is 0 Å². The molecule has 26 heavy (non-hydrogen) atoms. The molecule has 0 saturated heterocycles. The molecule has 0 aliphatic carbocycles. The maximum atomic E-state index is 12.2. The number of aromatic nitrogens is 2. The van der Waals surface area contributed by atoms with Crippen molar-refractivity contribution in [2.45, 2.75) is 20.4 Å². The number of pyridine rings is 1. The van der Waals surface area contributed by atoms with Gasteiger partial charge in [0, 0.05) is 35.9 Å². The van der Waals surface area contributed by atoms with E-state index in [0.717, 1.165) is 16.8 Å². The second kappa shape index (κ2) is 7.65.